The number of hydrogen-bond acceptors (Lipinski definition) is 4. The molecule has 0 fully saturated rings. The van der Waals surface area contributed by atoms with Crippen LogP contribution in [0.2, 0.25) is 0 Å². The number of Topliss-reactive ketones (excluding diaryl/α,β-unsaturated/α-hetero) is 1. The molecule has 0 radical (unpaired) electrons. The maximum absolute atomic E-state index is 10.7. The highest BCUT2D eigenvalue weighted by Gasteiger charge is 2.04. The Labute approximate surface area is 106 Å². The van der Waals surface area contributed by atoms with Gasteiger partial charge >= 0.3 is 0 Å². The van der Waals surface area contributed by atoms with Gasteiger partial charge in [0.25, 0.3) is 5.69 Å². The van der Waals surface area contributed by atoms with E-state index in [4.69, 9.17) is 4.74 Å². The van der Waals surface area contributed by atoms with Gasteiger partial charge in [-0.25, -0.2) is 0 Å². The van der Waals surface area contributed by atoms with Crippen LogP contribution >= 0.6 is 0 Å². The summed E-state index contributed by atoms with van der Waals surface area (Å²) in [6.07, 6.45) is 3.34. The van der Waals surface area contributed by atoms with Crippen LogP contribution in [0.15, 0.2) is 24.3 Å². The number of benzene rings is 1. The van der Waals surface area contributed by atoms with Crippen LogP contribution in [0.25, 0.3) is 0 Å². The van der Waals surface area contributed by atoms with Gasteiger partial charge in [-0.3, -0.25) is 10.1 Å². The lowest BCUT2D eigenvalue weighted by molar-refractivity contribution is -0.384. The van der Waals surface area contributed by atoms with E-state index in [0.717, 1.165) is 19.3 Å². The van der Waals surface area contributed by atoms with E-state index in [-0.39, 0.29) is 11.5 Å². The summed E-state index contributed by atoms with van der Waals surface area (Å²) in [7, 11) is 0. The fourth-order valence-electron chi connectivity index (χ4n) is 1.51. The molecule has 0 atom stereocenters. The molecule has 0 spiro atoms. The van der Waals surface area contributed by atoms with Gasteiger partial charge < -0.3 is 9.53 Å². The van der Waals surface area contributed by atoms with Crippen LogP contribution in [-0.2, 0) is 4.79 Å². The van der Waals surface area contributed by atoms with Gasteiger partial charge in [0.2, 0.25) is 0 Å². The molecule has 0 saturated carbocycles. The van der Waals surface area contributed by atoms with E-state index in [1.807, 2.05) is 0 Å². The first-order chi connectivity index (χ1) is 8.59. The van der Waals surface area contributed by atoms with Crippen LogP contribution in [-0.4, -0.2) is 17.3 Å². The van der Waals surface area contributed by atoms with Crippen molar-refractivity contribution in [1.29, 1.82) is 0 Å². The Morgan fingerprint density at radius 2 is 1.89 bits per heavy atom. The Balaban J connectivity index is 2.19. The van der Waals surface area contributed by atoms with Gasteiger partial charge in [-0.2, -0.15) is 0 Å². The summed E-state index contributed by atoms with van der Waals surface area (Å²) >= 11 is 0. The fraction of sp³-hybridized carbons (Fsp3) is 0.462. The quantitative estimate of drug-likeness (QED) is 0.404. The third-order valence-electron chi connectivity index (χ3n) is 2.49. The van der Waals surface area contributed by atoms with Crippen LogP contribution in [0.3, 0.4) is 0 Å². The van der Waals surface area contributed by atoms with Crippen LogP contribution in [0.1, 0.15) is 32.6 Å². The molecule has 1 aromatic rings. The van der Waals surface area contributed by atoms with Crippen molar-refractivity contribution in [2.45, 2.75) is 32.6 Å². The van der Waals surface area contributed by atoms with Crippen LogP contribution in [0.4, 0.5) is 5.69 Å². The molecule has 98 valence electrons. The first-order valence-electron chi connectivity index (χ1n) is 5.96. The number of ketones is 1. The number of nitrogens with zero attached hydrogens (tertiary/aromatic N) is 1. The van der Waals surface area contributed by atoms with Crippen molar-refractivity contribution in [2.24, 2.45) is 0 Å². The molecule has 18 heavy (non-hydrogen) atoms. The number of non-ortho nitro benzene ring substituents is 1. The predicted molar refractivity (Wildman–Crippen MR) is 67.7 cm³/mol. The molecule has 5 heteroatoms. The lowest BCUT2D eigenvalue weighted by Gasteiger charge is -2.05. The van der Waals surface area contributed by atoms with Crippen LogP contribution in [0, 0.1) is 10.1 Å². The Morgan fingerprint density at radius 1 is 1.22 bits per heavy atom. The minimum Gasteiger partial charge on any atom is -0.494 e. The molecule has 0 aliphatic carbocycles. The number of unbranched alkanes of at least 4 members (excludes halogenated alkanes) is 2. The smallest absolute Gasteiger partial charge is 0.269 e. The Bertz CT molecular complexity index is 400. The van der Waals surface area contributed by atoms with E-state index in [0.29, 0.717) is 18.8 Å². The summed E-state index contributed by atoms with van der Waals surface area (Å²) in [5.41, 5.74) is 0.0591. The second-order valence-corrected chi connectivity index (χ2v) is 4.11. The van der Waals surface area contributed by atoms with E-state index in [1.165, 1.54) is 12.1 Å². The third-order valence-corrected chi connectivity index (χ3v) is 2.49. The van der Waals surface area contributed by atoms with E-state index >= 15 is 0 Å². The minimum absolute atomic E-state index is 0.0591. The summed E-state index contributed by atoms with van der Waals surface area (Å²) in [5.74, 6) is 0.846. The Kier molecular flexibility index (Phi) is 5.84. The molecule has 0 unspecified atom stereocenters. The van der Waals surface area contributed by atoms with Gasteiger partial charge in [0.05, 0.1) is 11.5 Å². The molecule has 0 N–H and O–H groups in total. The predicted octanol–water partition coefficient (Wildman–Crippen LogP) is 3.12. The van der Waals surface area contributed by atoms with Crippen molar-refractivity contribution >= 4 is 11.5 Å². The molecule has 0 amide bonds. The summed E-state index contributed by atoms with van der Waals surface area (Å²) in [4.78, 5) is 20.7. The average Bonchev–Trinajstić information content (AvgIpc) is 2.34. The minimum atomic E-state index is -0.439. The molecule has 0 saturated heterocycles. The molecule has 1 rings (SSSR count). The second-order valence-electron chi connectivity index (χ2n) is 4.11. The Morgan fingerprint density at radius 3 is 2.44 bits per heavy atom. The van der Waals surface area contributed by atoms with Gasteiger partial charge in [0.1, 0.15) is 11.5 Å². The number of nitro groups is 1. The molecule has 5 nitrogen and oxygen atoms in total. The zero-order valence-corrected chi connectivity index (χ0v) is 10.4. The van der Waals surface area contributed by atoms with Crippen LogP contribution in [0.5, 0.6) is 5.75 Å². The van der Waals surface area contributed by atoms with Crippen molar-refractivity contribution in [3.05, 3.63) is 34.4 Å². The molecule has 0 aliphatic heterocycles. The molecular formula is C13H17NO4. The second kappa shape index (κ2) is 7.42. The zero-order chi connectivity index (χ0) is 13.4. The summed E-state index contributed by atoms with van der Waals surface area (Å²) < 4.78 is 5.44. The van der Waals surface area contributed by atoms with Crippen molar-refractivity contribution < 1.29 is 14.5 Å². The van der Waals surface area contributed by atoms with Crippen molar-refractivity contribution in [3.63, 3.8) is 0 Å². The monoisotopic (exact) mass is 251 g/mol. The van der Waals surface area contributed by atoms with Gasteiger partial charge in [0.15, 0.2) is 0 Å². The van der Waals surface area contributed by atoms with Gasteiger partial charge in [-0.05, 0) is 38.3 Å². The molecule has 0 aliphatic rings. The number of hydrogen-bond donors (Lipinski definition) is 0. The molecular weight excluding hydrogens is 234 g/mol. The topological polar surface area (TPSA) is 69.4 Å². The number of ether oxygens (including phenoxy) is 1. The maximum Gasteiger partial charge on any atom is 0.269 e. The first kappa shape index (κ1) is 14.2. The normalized spacial score (nSPS) is 10.1. The largest absolute Gasteiger partial charge is 0.494 e. The molecule has 0 bridgehead atoms. The van der Waals surface area contributed by atoms with Gasteiger partial charge in [-0.1, -0.05) is 0 Å². The SMILES string of the molecule is CC(=O)CCCCCOc1ccc([N+](=O)[O-])cc1. The lowest BCUT2D eigenvalue weighted by atomic mass is 10.1. The number of carbonyl (C=O) groups excluding carboxylic acids is 1. The number of nitro benzene ring substituents is 1. The first-order valence-corrected chi connectivity index (χ1v) is 5.96. The number of rotatable bonds is 8. The summed E-state index contributed by atoms with van der Waals surface area (Å²) in [6, 6.07) is 6.03. The summed E-state index contributed by atoms with van der Waals surface area (Å²) in [6.45, 7) is 2.16. The van der Waals surface area contributed by atoms with E-state index in [2.05, 4.69) is 0 Å². The number of carbonyl (C=O) groups is 1. The molecule has 0 aromatic heterocycles. The highest BCUT2D eigenvalue weighted by atomic mass is 16.6. The fourth-order valence-corrected chi connectivity index (χ4v) is 1.51. The standard InChI is InChI=1S/C13H17NO4/c1-11(15)5-3-2-4-10-18-13-8-6-12(7-9-13)14(16)17/h6-9H,2-5,10H2,1H3. The van der Waals surface area contributed by atoms with E-state index < -0.39 is 4.92 Å². The van der Waals surface area contributed by atoms with Crippen molar-refractivity contribution in [2.75, 3.05) is 6.61 Å². The zero-order valence-electron chi connectivity index (χ0n) is 10.4. The lowest BCUT2D eigenvalue weighted by Crippen LogP contribution is -1.98. The summed E-state index contributed by atoms with van der Waals surface area (Å²) in [5, 5.41) is 10.4. The van der Waals surface area contributed by atoms with Gasteiger partial charge in [-0.15, -0.1) is 0 Å². The van der Waals surface area contributed by atoms with E-state index in [1.54, 1.807) is 19.1 Å². The van der Waals surface area contributed by atoms with Gasteiger partial charge in [0, 0.05) is 18.6 Å². The highest BCUT2D eigenvalue weighted by molar-refractivity contribution is 5.75. The van der Waals surface area contributed by atoms with Crippen molar-refractivity contribution in [1.82, 2.24) is 0 Å². The molecule has 0 heterocycles. The average molecular weight is 251 g/mol. The maximum atomic E-state index is 10.7. The highest BCUT2D eigenvalue weighted by Crippen LogP contribution is 2.17. The van der Waals surface area contributed by atoms with Crippen LogP contribution < -0.4 is 4.74 Å². The third kappa shape index (κ3) is 5.43. The molecule has 1 aromatic carbocycles. The van der Waals surface area contributed by atoms with E-state index in [9.17, 15) is 14.9 Å². The Hall–Kier alpha value is -1.91. The van der Waals surface area contributed by atoms with Crippen molar-refractivity contribution in [3.8, 4) is 5.75 Å².